The van der Waals surface area contributed by atoms with E-state index in [0.717, 1.165) is 34.4 Å². The van der Waals surface area contributed by atoms with Crippen LogP contribution in [0.15, 0.2) is 18.2 Å². The highest BCUT2D eigenvalue weighted by Crippen LogP contribution is 2.33. The molecule has 1 aromatic rings. The van der Waals surface area contributed by atoms with Gasteiger partial charge in [-0.2, -0.15) is 0 Å². The first kappa shape index (κ1) is 17.3. The predicted molar refractivity (Wildman–Crippen MR) is 86.8 cm³/mol. The predicted octanol–water partition coefficient (Wildman–Crippen LogP) is 4.61. The van der Waals surface area contributed by atoms with Gasteiger partial charge in [0.2, 0.25) is 0 Å². The van der Waals surface area contributed by atoms with Crippen LogP contribution in [0.4, 0.5) is 0 Å². The Morgan fingerprint density at radius 3 is 2.52 bits per heavy atom. The van der Waals surface area contributed by atoms with Crippen LogP contribution in [0.25, 0.3) is 5.57 Å². The molecule has 0 saturated carbocycles. The average molecular weight is 290 g/mol. The second-order valence-corrected chi connectivity index (χ2v) is 5.84. The Morgan fingerprint density at radius 2 is 2.00 bits per heavy atom. The molecular formula is C18H26O3. The van der Waals surface area contributed by atoms with E-state index in [4.69, 9.17) is 9.84 Å². The van der Waals surface area contributed by atoms with E-state index in [9.17, 15) is 4.79 Å². The summed E-state index contributed by atoms with van der Waals surface area (Å²) in [5, 5.41) is 8.88. The van der Waals surface area contributed by atoms with E-state index >= 15 is 0 Å². The third-order valence-electron chi connectivity index (χ3n) is 3.23. The highest BCUT2D eigenvalue weighted by atomic mass is 16.5. The molecule has 0 aromatic heterocycles. The zero-order chi connectivity index (χ0) is 16.0. The van der Waals surface area contributed by atoms with Crippen molar-refractivity contribution in [3.63, 3.8) is 0 Å². The molecule has 116 valence electrons. The molecule has 0 atom stereocenters. The Bertz CT molecular complexity index is 528. The summed E-state index contributed by atoms with van der Waals surface area (Å²) in [6, 6.07) is 4.18. The van der Waals surface area contributed by atoms with Gasteiger partial charge in [0.15, 0.2) is 0 Å². The molecule has 1 rings (SSSR count). The minimum atomic E-state index is -0.810. The van der Waals surface area contributed by atoms with Crippen molar-refractivity contribution in [3.8, 4) is 5.75 Å². The van der Waals surface area contributed by atoms with Gasteiger partial charge in [-0.05, 0) is 49.0 Å². The summed E-state index contributed by atoms with van der Waals surface area (Å²) in [7, 11) is 0. The van der Waals surface area contributed by atoms with Crippen molar-refractivity contribution in [1.29, 1.82) is 0 Å². The monoisotopic (exact) mass is 290 g/mol. The van der Waals surface area contributed by atoms with Crippen molar-refractivity contribution >= 4 is 11.5 Å². The molecule has 0 saturated heterocycles. The number of allylic oxidation sites excluding steroid dienone is 1. The molecule has 0 spiro atoms. The number of aryl methyl sites for hydroxylation is 2. The first-order chi connectivity index (χ1) is 9.85. The molecule has 0 unspecified atom stereocenters. The van der Waals surface area contributed by atoms with Crippen LogP contribution in [0.1, 0.15) is 50.3 Å². The molecule has 0 fully saturated rings. The smallest absolute Gasteiger partial charge is 0.307 e. The summed E-state index contributed by atoms with van der Waals surface area (Å²) in [5.41, 5.74) is 4.31. The minimum absolute atomic E-state index is 0.0415. The van der Waals surface area contributed by atoms with Crippen molar-refractivity contribution in [3.05, 3.63) is 34.9 Å². The Kier molecular flexibility index (Phi) is 6.47. The zero-order valence-corrected chi connectivity index (χ0v) is 13.7. The summed E-state index contributed by atoms with van der Waals surface area (Å²) < 4.78 is 5.99. The lowest BCUT2D eigenvalue weighted by Crippen LogP contribution is -2.08. The maximum atomic E-state index is 10.8. The minimum Gasteiger partial charge on any atom is -0.492 e. The maximum absolute atomic E-state index is 10.8. The van der Waals surface area contributed by atoms with Crippen LogP contribution < -0.4 is 4.74 Å². The Morgan fingerprint density at radius 1 is 1.33 bits per heavy atom. The average Bonchev–Trinajstić information content (AvgIpc) is 2.37. The van der Waals surface area contributed by atoms with E-state index in [-0.39, 0.29) is 6.42 Å². The second kappa shape index (κ2) is 7.87. The third-order valence-corrected chi connectivity index (χ3v) is 3.23. The first-order valence-electron chi connectivity index (χ1n) is 7.50. The van der Waals surface area contributed by atoms with Crippen molar-refractivity contribution in [2.24, 2.45) is 5.92 Å². The molecule has 21 heavy (non-hydrogen) atoms. The number of carboxylic acid groups (broad SMARTS) is 1. The van der Waals surface area contributed by atoms with Gasteiger partial charge in [0.25, 0.3) is 0 Å². The lowest BCUT2D eigenvalue weighted by Gasteiger charge is -2.18. The molecule has 0 aliphatic carbocycles. The van der Waals surface area contributed by atoms with E-state index < -0.39 is 5.97 Å². The second-order valence-electron chi connectivity index (χ2n) is 5.84. The molecule has 0 heterocycles. The van der Waals surface area contributed by atoms with Crippen LogP contribution in [0.5, 0.6) is 5.75 Å². The molecule has 1 aromatic carbocycles. The number of aliphatic carboxylic acids is 1. The lowest BCUT2D eigenvalue weighted by atomic mass is 9.96. The fourth-order valence-electron chi connectivity index (χ4n) is 2.29. The molecule has 3 heteroatoms. The maximum Gasteiger partial charge on any atom is 0.307 e. The van der Waals surface area contributed by atoms with Crippen LogP contribution in [0.2, 0.25) is 0 Å². The highest BCUT2D eigenvalue weighted by molar-refractivity contribution is 5.77. The van der Waals surface area contributed by atoms with E-state index in [0.29, 0.717) is 12.5 Å². The Labute approximate surface area is 127 Å². The zero-order valence-electron chi connectivity index (χ0n) is 13.7. The number of hydrogen-bond acceptors (Lipinski definition) is 2. The van der Waals surface area contributed by atoms with Gasteiger partial charge >= 0.3 is 5.97 Å². The van der Waals surface area contributed by atoms with Crippen LogP contribution in [-0.2, 0) is 4.79 Å². The molecule has 0 bridgehead atoms. The number of ether oxygens (including phenoxy) is 1. The van der Waals surface area contributed by atoms with Gasteiger partial charge in [0.1, 0.15) is 5.75 Å². The van der Waals surface area contributed by atoms with Crippen molar-refractivity contribution in [1.82, 2.24) is 0 Å². The largest absolute Gasteiger partial charge is 0.492 e. The fourth-order valence-corrected chi connectivity index (χ4v) is 2.29. The number of rotatable bonds is 7. The molecule has 0 amide bonds. The number of carbonyl (C=O) groups is 1. The third kappa shape index (κ3) is 5.25. The highest BCUT2D eigenvalue weighted by Gasteiger charge is 2.13. The van der Waals surface area contributed by atoms with Crippen LogP contribution >= 0.6 is 0 Å². The Hall–Kier alpha value is -1.77. The molecule has 0 radical (unpaired) electrons. The quantitative estimate of drug-likeness (QED) is 0.798. The van der Waals surface area contributed by atoms with E-state index in [1.165, 1.54) is 0 Å². The van der Waals surface area contributed by atoms with Gasteiger partial charge in [0, 0.05) is 5.56 Å². The van der Waals surface area contributed by atoms with Crippen LogP contribution in [-0.4, -0.2) is 17.7 Å². The summed E-state index contributed by atoms with van der Waals surface area (Å²) >= 11 is 0. The number of carboxylic acids is 1. The molecule has 0 aliphatic heterocycles. The van der Waals surface area contributed by atoms with Crippen molar-refractivity contribution < 1.29 is 14.6 Å². The van der Waals surface area contributed by atoms with Gasteiger partial charge in [-0.15, -0.1) is 0 Å². The molecule has 1 N–H and O–H groups in total. The van der Waals surface area contributed by atoms with E-state index in [2.05, 4.69) is 26.0 Å². The van der Waals surface area contributed by atoms with Gasteiger partial charge in [-0.1, -0.05) is 32.9 Å². The first-order valence-corrected chi connectivity index (χ1v) is 7.50. The van der Waals surface area contributed by atoms with E-state index in [1.807, 2.05) is 20.8 Å². The van der Waals surface area contributed by atoms with Crippen LogP contribution in [0.3, 0.4) is 0 Å². The fraction of sp³-hybridized carbons (Fsp3) is 0.500. The summed E-state index contributed by atoms with van der Waals surface area (Å²) in [4.78, 5) is 10.8. The summed E-state index contributed by atoms with van der Waals surface area (Å²) in [6.45, 7) is 11.0. The van der Waals surface area contributed by atoms with Gasteiger partial charge in [0.05, 0.1) is 13.0 Å². The van der Waals surface area contributed by atoms with Gasteiger partial charge in [-0.25, -0.2) is 0 Å². The summed E-state index contributed by atoms with van der Waals surface area (Å²) in [6.07, 6.45) is 2.62. The molecule has 3 nitrogen and oxygen atoms in total. The van der Waals surface area contributed by atoms with Gasteiger partial charge < -0.3 is 9.84 Å². The Balaban J connectivity index is 3.23. The van der Waals surface area contributed by atoms with Gasteiger partial charge in [-0.3, -0.25) is 4.79 Å². The normalized spacial score (nSPS) is 11.8. The standard InChI is InChI=1S/C18H26O3/c1-6-15(7-8-17(19)20)16-10-13(4)9-14(5)18(16)21-11-12(2)3/h7,9-10,12H,6,8,11H2,1-5H3,(H,19,20)/b15-7+. The van der Waals surface area contributed by atoms with Crippen LogP contribution in [0, 0.1) is 19.8 Å². The summed E-state index contributed by atoms with van der Waals surface area (Å²) in [5.74, 6) is 0.523. The van der Waals surface area contributed by atoms with Crippen molar-refractivity contribution in [2.75, 3.05) is 6.61 Å². The molecular weight excluding hydrogens is 264 g/mol. The SMILES string of the molecule is CC/C(=C\CC(=O)O)c1cc(C)cc(C)c1OCC(C)C. The number of benzene rings is 1. The topological polar surface area (TPSA) is 46.5 Å². The molecule has 0 aliphatic rings. The lowest BCUT2D eigenvalue weighted by molar-refractivity contribution is -0.135. The van der Waals surface area contributed by atoms with E-state index in [1.54, 1.807) is 6.08 Å². The van der Waals surface area contributed by atoms with Crippen molar-refractivity contribution in [2.45, 2.75) is 47.5 Å². The number of hydrogen-bond donors (Lipinski definition) is 1.